The Labute approximate surface area is 163 Å². The maximum atomic E-state index is 12.6. The van der Waals surface area contributed by atoms with Crippen LogP contribution in [0.2, 0.25) is 10.0 Å². The molecule has 0 saturated heterocycles. The van der Waals surface area contributed by atoms with Crippen LogP contribution in [-0.4, -0.2) is 23.9 Å². The summed E-state index contributed by atoms with van der Waals surface area (Å²) in [5.74, 6) is 0.0825. The number of benzene rings is 1. The van der Waals surface area contributed by atoms with E-state index in [0.29, 0.717) is 10.0 Å². The van der Waals surface area contributed by atoms with Crippen molar-refractivity contribution in [1.82, 2.24) is 4.90 Å². The number of hydrogen-bond acceptors (Lipinski definition) is 1. The standard InChI is InChI=1S/C21H31Cl2NO/c1-3-5-7-9-15-24(16-10-8-6-4-2)21(25)14-12-18-11-13-19(22)20(23)17-18/h11-14,17H,3-10,15-16H2,1-2H3. The molecular weight excluding hydrogens is 353 g/mol. The van der Waals surface area contributed by atoms with Crippen molar-refractivity contribution in [2.45, 2.75) is 65.2 Å². The van der Waals surface area contributed by atoms with Crippen LogP contribution in [0, 0.1) is 0 Å². The summed E-state index contributed by atoms with van der Waals surface area (Å²) in [5.41, 5.74) is 0.889. The third-order valence-electron chi connectivity index (χ3n) is 4.24. The summed E-state index contributed by atoms with van der Waals surface area (Å²) in [4.78, 5) is 14.6. The van der Waals surface area contributed by atoms with Crippen molar-refractivity contribution in [1.29, 1.82) is 0 Å². The summed E-state index contributed by atoms with van der Waals surface area (Å²) >= 11 is 12.0. The molecule has 4 heteroatoms. The third kappa shape index (κ3) is 9.32. The topological polar surface area (TPSA) is 20.3 Å². The molecule has 0 heterocycles. The van der Waals surface area contributed by atoms with E-state index in [1.54, 1.807) is 18.2 Å². The molecule has 1 aromatic rings. The average molecular weight is 384 g/mol. The molecule has 0 bridgehead atoms. The molecule has 0 aliphatic heterocycles. The average Bonchev–Trinajstić information content (AvgIpc) is 2.61. The van der Waals surface area contributed by atoms with E-state index < -0.39 is 0 Å². The SMILES string of the molecule is CCCCCCN(CCCCCC)C(=O)C=Cc1ccc(Cl)c(Cl)c1. The highest BCUT2D eigenvalue weighted by atomic mass is 35.5. The van der Waals surface area contributed by atoms with E-state index in [0.717, 1.165) is 31.5 Å². The van der Waals surface area contributed by atoms with Crippen molar-refractivity contribution >= 4 is 35.2 Å². The van der Waals surface area contributed by atoms with Crippen LogP contribution < -0.4 is 0 Å². The minimum atomic E-state index is 0.0825. The highest BCUT2D eigenvalue weighted by Crippen LogP contribution is 2.23. The quantitative estimate of drug-likeness (QED) is 0.281. The summed E-state index contributed by atoms with van der Waals surface area (Å²) < 4.78 is 0. The number of carbonyl (C=O) groups is 1. The Balaban J connectivity index is 2.61. The second-order valence-electron chi connectivity index (χ2n) is 6.45. The number of hydrogen-bond donors (Lipinski definition) is 0. The fourth-order valence-corrected chi connectivity index (χ4v) is 2.99. The van der Waals surface area contributed by atoms with Crippen molar-refractivity contribution in [2.24, 2.45) is 0 Å². The molecule has 0 aliphatic rings. The van der Waals surface area contributed by atoms with Crippen LogP contribution in [-0.2, 0) is 4.79 Å². The molecule has 0 unspecified atom stereocenters. The molecule has 0 N–H and O–H groups in total. The second-order valence-corrected chi connectivity index (χ2v) is 7.27. The molecule has 0 aromatic heterocycles. The Morgan fingerprint density at radius 1 is 0.920 bits per heavy atom. The lowest BCUT2D eigenvalue weighted by molar-refractivity contribution is -0.126. The van der Waals surface area contributed by atoms with Gasteiger partial charge in [-0.25, -0.2) is 0 Å². The van der Waals surface area contributed by atoms with Crippen LogP contribution in [0.4, 0.5) is 0 Å². The monoisotopic (exact) mass is 383 g/mol. The van der Waals surface area contributed by atoms with Gasteiger partial charge in [-0.15, -0.1) is 0 Å². The van der Waals surface area contributed by atoms with Crippen LogP contribution in [0.3, 0.4) is 0 Å². The van der Waals surface area contributed by atoms with Gasteiger partial charge in [0.1, 0.15) is 0 Å². The van der Waals surface area contributed by atoms with E-state index in [9.17, 15) is 4.79 Å². The zero-order valence-corrected chi connectivity index (χ0v) is 17.1. The molecule has 0 spiro atoms. The van der Waals surface area contributed by atoms with E-state index in [1.165, 1.54) is 38.5 Å². The van der Waals surface area contributed by atoms with E-state index >= 15 is 0 Å². The number of halogens is 2. The molecule has 1 rings (SSSR count). The van der Waals surface area contributed by atoms with Gasteiger partial charge in [-0.05, 0) is 36.6 Å². The molecule has 0 atom stereocenters. The van der Waals surface area contributed by atoms with E-state index in [4.69, 9.17) is 23.2 Å². The molecule has 2 nitrogen and oxygen atoms in total. The molecular formula is C21H31Cl2NO. The second kappa shape index (κ2) is 13.2. The van der Waals surface area contributed by atoms with Gasteiger partial charge >= 0.3 is 0 Å². The lowest BCUT2D eigenvalue weighted by Gasteiger charge is -2.21. The van der Waals surface area contributed by atoms with Gasteiger partial charge in [-0.3, -0.25) is 4.79 Å². The van der Waals surface area contributed by atoms with Gasteiger partial charge < -0.3 is 4.90 Å². The summed E-state index contributed by atoms with van der Waals surface area (Å²) in [6, 6.07) is 5.40. The van der Waals surface area contributed by atoms with Crippen LogP contribution in [0.25, 0.3) is 6.08 Å². The van der Waals surface area contributed by atoms with Gasteiger partial charge in [0.25, 0.3) is 0 Å². The zero-order chi connectivity index (χ0) is 18.5. The maximum absolute atomic E-state index is 12.6. The number of nitrogens with zero attached hydrogens (tertiary/aromatic N) is 1. The largest absolute Gasteiger partial charge is 0.339 e. The van der Waals surface area contributed by atoms with Crippen LogP contribution >= 0.6 is 23.2 Å². The van der Waals surface area contributed by atoms with Crippen molar-refractivity contribution in [2.75, 3.05) is 13.1 Å². The summed E-state index contributed by atoms with van der Waals surface area (Å²) in [6.45, 7) is 6.09. The first kappa shape index (κ1) is 22.1. The van der Waals surface area contributed by atoms with Crippen molar-refractivity contribution in [3.63, 3.8) is 0 Å². The molecule has 0 aliphatic carbocycles. The van der Waals surface area contributed by atoms with Gasteiger partial charge in [-0.2, -0.15) is 0 Å². The van der Waals surface area contributed by atoms with Gasteiger partial charge in [-0.1, -0.05) is 81.6 Å². The first-order chi connectivity index (χ1) is 12.1. The summed E-state index contributed by atoms with van der Waals surface area (Å²) in [5, 5.41) is 1.03. The van der Waals surface area contributed by atoms with Gasteiger partial charge in [0, 0.05) is 19.2 Å². The highest BCUT2D eigenvalue weighted by molar-refractivity contribution is 6.42. The fourth-order valence-electron chi connectivity index (χ4n) is 2.68. The third-order valence-corrected chi connectivity index (χ3v) is 4.98. The molecule has 25 heavy (non-hydrogen) atoms. The molecule has 0 saturated carbocycles. The number of rotatable bonds is 12. The van der Waals surface area contributed by atoms with Crippen molar-refractivity contribution in [3.8, 4) is 0 Å². The van der Waals surface area contributed by atoms with E-state index in [-0.39, 0.29) is 5.91 Å². The smallest absolute Gasteiger partial charge is 0.246 e. The molecule has 0 radical (unpaired) electrons. The van der Waals surface area contributed by atoms with Crippen LogP contribution in [0.15, 0.2) is 24.3 Å². The number of unbranched alkanes of at least 4 members (excludes halogenated alkanes) is 6. The summed E-state index contributed by atoms with van der Waals surface area (Å²) in [7, 11) is 0. The first-order valence-corrected chi connectivity index (χ1v) is 10.3. The van der Waals surface area contributed by atoms with Gasteiger partial charge in [0.15, 0.2) is 0 Å². The highest BCUT2D eigenvalue weighted by Gasteiger charge is 2.10. The molecule has 0 fully saturated rings. The summed E-state index contributed by atoms with van der Waals surface area (Å²) in [6.07, 6.45) is 12.9. The maximum Gasteiger partial charge on any atom is 0.246 e. The lowest BCUT2D eigenvalue weighted by atomic mass is 10.1. The fraction of sp³-hybridized carbons (Fsp3) is 0.571. The Hall–Kier alpha value is -0.990. The normalized spacial score (nSPS) is 11.2. The van der Waals surface area contributed by atoms with Gasteiger partial charge in [0.2, 0.25) is 5.91 Å². The lowest BCUT2D eigenvalue weighted by Crippen LogP contribution is -2.31. The minimum Gasteiger partial charge on any atom is -0.339 e. The van der Waals surface area contributed by atoms with Crippen LogP contribution in [0.5, 0.6) is 0 Å². The molecule has 1 aromatic carbocycles. The van der Waals surface area contributed by atoms with Gasteiger partial charge in [0.05, 0.1) is 10.0 Å². The molecule has 140 valence electrons. The van der Waals surface area contributed by atoms with Crippen molar-refractivity contribution in [3.05, 3.63) is 39.9 Å². The Morgan fingerprint density at radius 3 is 2.04 bits per heavy atom. The Kier molecular flexibility index (Phi) is 11.7. The number of amides is 1. The number of carbonyl (C=O) groups excluding carboxylic acids is 1. The molecule has 1 amide bonds. The predicted octanol–water partition coefficient (Wildman–Crippen LogP) is 7.00. The Morgan fingerprint density at radius 2 is 1.52 bits per heavy atom. The minimum absolute atomic E-state index is 0.0825. The van der Waals surface area contributed by atoms with E-state index in [1.807, 2.05) is 17.0 Å². The Bertz CT molecular complexity index is 531. The van der Waals surface area contributed by atoms with E-state index in [2.05, 4.69) is 13.8 Å². The predicted molar refractivity (Wildman–Crippen MR) is 110 cm³/mol. The first-order valence-electron chi connectivity index (χ1n) is 9.50. The zero-order valence-electron chi connectivity index (χ0n) is 15.6. The van der Waals surface area contributed by atoms with Crippen LogP contribution in [0.1, 0.15) is 70.8 Å². The van der Waals surface area contributed by atoms with Crippen molar-refractivity contribution < 1.29 is 4.79 Å².